The lowest BCUT2D eigenvalue weighted by atomic mass is 10.1. The molecule has 2 aromatic carbocycles. The Hall–Kier alpha value is -0.956. The van der Waals surface area contributed by atoms with E-state index in [2.05, 4.69) is 98.1 Å². The minimum absolute atomic E-state index is 0.243. The van der Waals surface area contributed by atoms with Crippen LogP contribution in [0.1, 0.15) is 33.4 Å². The smallest absolute Gasteiger partial charge is 0.379 e. The molecule has 0 saturated heterocycles. The first kappa shape index (κ1) is 24.3. The molecule has 2 nitrogen and oxygen atoms in total. The van der Waals surface area contributed by atoms with E-state index >= 15 is 0 Å². The second-order valence-electron chi connectivity index (χ2n) is 9.38. The highest BCUT2D eigenvalue weighted by Crippen LogP contribution is 2.25. The van der Waals surface area contributed by atoms with E-state index in [0.717, 1.165) is 32.6 Å². The second kappa shape index (κ2) is 8.65. The standard InChI is InChI=1S/C23H34O2S2Si2/c1-14-10-16(3)20(17(4)11-14)29(27,25-22(24)23(26)28(7,8)9)21-18(5)12-15(2)13-19(21)6/h10-13,23,26-27H,1-9H3. The van der Waals surface area contributed by atoms with Crippen molar-refractivity contribution < 1.29 is 9.22 Å². The van der Waals surface area contributed by atoms with Crippen LogP contribution >= 0.6 is 24.7 Å². The summed E-state index contributed by atoms with van der Waals surface area (Å²) in [7, 11) is -4.93. The van der Waals surface area contributed by atoms with Crippen molar-refractivity contribution in [3.63, 3.8) is 0 Å². The average molecular weight is 463 g/mol. The molecule has 0 aromatic heterocycles. The zero-order valence-corrected chi connectivity index (χ0v) is 22.9. The Morgan fingerprint density at radius 3 is 1.38 bits per heavy atom. The normalized spacial score (nSPS) is 13.3. The SMILES string of the molecule is Cc1cc(C)c([Si](S)(OC(=O)C(S)[Si](C)(C)C)c2c(C)cc(C)cc2C)c(C)c1. The van der Waals surface area contributed by atoms with E-state index < -0.39 is 20.4 Å². The fraction of sp³-hybridized carbons (Fsp3) is 0.435. The minimum Gasteiger partial charge on any atom is -0.500 e. The van der Waals surface area contributed by atoms with Gasteiger partial charge in [0.25, 0.3) is 0 Å². The monoisotopic (exact) mass is 462 g/mol. The molecule has 0 radical (unpaired) electrons. The van der Waals surface area contributed by atoms with Crippen molar-refractivity contribution in [3.8, 4) is 0 Å². The van der Waals surface area contributed by atoms with Gasteiger partial charge in [0.1, 0.15) is 0 Å². The fourth-order valence-corrected chi connectivity index (χ4v) is 10.9. The molecule has 0 aliphatic heterocycles. The maximum absolute atomic E-state index is 13.3. The van der Waals surface area contributed by atoms with Crippen LogP contribution in [0, 0.1) is 41.5 Å². The topological polar surface area (TPSA) is 26.3 Å². The molecule has 1 atom stereocenters. The molecule has 0 heterocycles. The van der Waals surface area contributed by atoms with Crippen molar-refractivity contribution in [2.24, 2.45) is 0 Å². The molecule has 0 N–H and O–H groups in total. The van der Waals surface area contributed by atoms with Crippen molar-refractivity contribution in [2.75, 3.05) is 0 Å². The molecule has 1 unspecified atom stereocenters. The first-order chi connectivity index (χ1) is 13.2. The molecule has 0 saturated carbocycles. The Morgan fingerprint density at radius 1 is 0.793 bits per heavy atom. The molecule has 0 amide bonds. The van der Waals surface area contributed by atoms with E-state index in [0.29, 0.717) is 0 Å². The Bertz CT molecular complexity index is 845. The van der Waals surface area contributed by atoms with Gasteiger partial charge in [0.15, 0.2) is 0 Å². The summed E-state index contributed by atoms with van der Waals surface area (Å²) < 4.78 is 6.42. The van der Waals surface area contributed by atoms with Gasteiger partial charge in [0.2, 0.25) is 0 Å². The number of thiol groups is 2. The maximum Gasteiger partial charge on any atom is 0.379 e. The van der Waals surface area contributed by atoms with Gasteiger partial charge in [-0.2, -0.15) is 24.7 Å². The number of benzene rings is 2. The lowest BCUT2D eigenvalue weighted by Crippen LogP contribution is -2.62. The van der Waals surface area contributed by atoms with E-state index in [1.165, 1.54) is 11.1 Å². The fourth-order valence-electron chi connectivity index (χ4n) is 4.21. The van der Waals surface area contributed by atoms with Crippen LogP contribution < -0.4 is 10.4 Å². The van der Waals surface area contributed by atoms with Gasteiger partial charge >= 0.3 is 13.4 Å². The summed E-state index contributed by atoms with van der Waals surface area (Å²) in [6, 6.07) is 8.63. The van der Waals surface area contributed by atoms with Gasteiger partial charge in [-0.05, 0) is 74.2 Å². The predicted molar refractivity (Wildman–Crippen MR) is 138 cm³/mol. The molecule has 2 aromatic rings. The lowest BCUT2D eigenvalue weighted by molar-refractivity contribution is -0.132. The van der Waals surface area contributed by atoms with Crippen molar-refractivity contribution in [2.45, 2.75) is 66.1 Å². The van der Waals surface area contributed by atoms with Crippen LogP contribution in [0.2, 0.25) is 19.6 Å². The van der Waals surface area contributed by atoms with Crippen molar-refractivity contribution >= 4 is 56.6 Å². The first-order valence-corrected chi connectivity index (χ1v) is 17.3. The van der Waals surface area contributed by atoms with Crippen molar-refractivity contribution in [1.82, 2.24) is 0 Å². The number of rotatable bonds is 5. The Kier molecular flexibility index (Phi) is 7.25. The lowest BCUT2D eigenvalue weighted by Gasteiger charge is -2.34. The molecule has 2 rings (SSSR count). The molecule has 0 spiro atoms. The highest BCUT2D eigenvalue weighted by atomic mass is 32.3. The number of aryl methyl sites for hydroxylation is 6. The third kappa shape index (κ3) is 5.03. The van der Waals surface area contributed by atoms with E-state index in [1.54, 1.807) is 0 Å². The Balaban J connectivity index is 2.79. The molecule has 0 aliphatic carbocycles. The van der Waals surface area contributed by atoms with Crippen molar-refractivity contribution in [3.05, 3.63) is 57.6 Å². The van der Waals surface area contributed by atoms with Crippen molar-refractivity contribution in [1.29, 1.82) is 0 Å². The number of carbonyl (C=O) groups is 1. The van der Waals surface area contributed by atoms with Crippen LogP contribution in [0.15, 0.2) is 24.3 Å². The van der Waals surface area contributed by atoms with Crippen LogP contribution in [0.25, 0.3) is 0 Å². The quantitative estimate of drug-likeness (QED) is 0.496. The maximum atomic E-state index is 13.3. The Morgan fingerprint density at radius 2 is 1.10 bits per heavy atom. The van der Waals surface area contributed by atoms with E-state index in [-0.39, 0.29) is 5.97 Å². The number of carbonyl (C=O) groups excluding carboxylic acids is 1. The summed E-state index contributed by atoms with van der Waals surface area (Å²) in [5.41, 5.74) is 6.90. The zero-order chi connectivity index (χ0) is 22.3. The van der Waals surface area contributed by atoms with Gasteiger partial charge in [0, 0.05) is 0 Å². The van der Waals surface area contributed by atoms with E-state index in [9.17, 15) is 4.79 Å². The van der Waals surface area contributed by atoms with Gasteiger partial charge in [-0.25, -0.2) is 0 Å². The largest absolute Gasteiger partial charge is 0.500 e. The summed E-state index contributed by atoms with van der Waals surface area (Å²) in [5, 5.41) is 2.15. The molecule has 158 valence electrons. The van der Waals surface area contributed by atoms with E-state index in [1.807, 2.05) is 0 Å². The summed E-state index contributed by atoms with van der Waals surface area (Å²) in [6.07, 6.45) is 0. The summed E-state index contributed by atoms with van der Waals surface area (Å²) in [6.45, 7) is 19.0. The van der Waals surface area contributed by atoms with Gasteiger partial charge in [0.05, 0.1) is 12.9 Å². The molecule has 29 heavy (non-hydrogen) atoms. The van der Waals surface area contributed by atoms with Crippen LogP contribution in [0.4, 0.5) is 0 Å². The minimum atomic E-state index is -3.11. The van der Waals surface area contributed by atoms with Gasteiger partial charge in [-0.3, -0.25) is 4.79 Å². The zero-order valence-electron chi connectivity index (χ0n) is 19.1. The van der Waals surface area contributed by atoms with Crippen LogP contribution in [0.5, 0.6) is 0 Å². The van der Waals surface area contributed by atoms with E-state index in [4.69, 9.17) is 16.5 Å². The van der Waals surface area contributed by atoms with Crippen LogP contribution in [-0.2, 0) is 9.22 Å². The number of hydrogen-bond acceptors (Lipinski definition) is 4. The summed E-state index contributed by atoms with van der Waals surface area (Å²) >= 11 is 9.91. The molecule has 0 fully saturated rings. The highest BCUT2D eigenvalue weighted by Gasteiger charge is 2.46. The van der Waals surface area contributed by atoms with Gasteiger partial charge in [-0.1, -0.05) is 55.0 Å². The molecule has 6 heteroatoms. The Labute approximate surface area is 189 Å². The summed E-state index contributed by atoms with van der Waals surface area (Å²) in [5.74, 6) is -0.243. The third-order valence-electron chi connectivity index (χ3n) is 5.32. The molecule has 0 bridgehead atoms. The summed E-state index contributed by atoms with van der Waals surface area (Å²) in [4.78, 5) is 12.9. The third-order valence-corrected chi connectivity index (χ3v) is 14.8. The number of hydrogen-bond donors (Lipinski definition) is 2. The predicted octanol–water partition coefficient (Wildman–Crippen LogP) is 4.74. The van der Waals surface area contributed by atoms with Gasteiger partial charge < -0.3 is 4.43 Å². The van der Waals surface area contributed by atoms with Crippen LogP contribution in [0.3, 0.4) is 0 Å². The molecular weight excluding hydrogens is 429 g/mol. The molecule has 0 aliphatic rings. The molecular formula is C23H34O2S2Si2. The van der Waals surface area contributed by atoms with Crippen LogP contribution in [-0.4, -0.2) is 26.4 Å². The van der Waals surface area contributed by atoms with Gasteiger partial charge in [-0.15, -0.1) is 0 Å². The average Bonchev–Trinajstić information content (AvgIpc) is 2.50. The second-order valence-corrected chi connectivity index (χ2v) is 20.1. The highest BCUT2D eigenvalue weighted by molar-refractivity contribution is 8.17. The first-order valence-electron chi connectivity index (χ1n) is 9.98.